The van der Waals surface area contributed by atoms with Crippen LogP contribution in [-0.2, 0) is 4.79 Å². The summed E-state index contributed by atoms with van der Waals surface area (Å²) in [6, 6.07) is 1.11. The predicted molar refractivity (Wildman–Crippen MR) is 110 cm³/mol. The second-order valence-corrected chi connectivity index (χ2v) is 5.98. The molecule has 1 amide bonds. The first-order valence-electron chi connectivity index (χ1n) is 8.39. The molecule has 0 rings (SSSR count). The van der Waals surface area contributed by atoms with E-state index in [9.17, 15) is 4.79 Å². The zero-order valence-corrected chi connectivity index (χ0v) is 17.9. The molecule has 6 nitrogen and oxygen atoms in total. The van der Waals surface area contributed by atoms with Gasteiger partial charge in [-0.1, -0.05) is 6.92 Å². The van der Waals surface area contributed by atoms with Crippen LogP contribution in [-0.4, -0.2) is 62.1 Å². The molecule has 0 aromatic rings. The molecule has 0 aliphatic rings. The summed E-state index contributed by atoms with van der Waals surface area (Å²) in [5, 5.41) is 9.10. The van der Waals surface area contributed by atoms with Crippen LogP contribution in [0.3, 0.4) is 0 Å². The lowest BCUT2D eigenvalue weighted by Crippen LogP contribution is -2.44. The summed E-state index contributed by atoms with van der Waals surface area (Å²) in [5.41, 5.74) is 0. The molecule has 0 aliphatic carbocycles. The Hall–Kier alpha value is -0.570. The van der Waals surface area contributed by atoms with Gasteiger partial charge in [0.25, 0.3) is 0 Å². The van der Waals surface area contributed by atoms with E-state index in [-0.39, 0.29) is 36.4 Å². The lowest BCUT2D eigenvalue weighted by molar-refractivity contribution is -0.120. The zero-order valence-electron chi connectivity index (χ0n) is 15.6. The van der Waals surface area contributed by atoms with Crippen molar-refractivity contribution in [1.29, 1.82) is 0 Å². The molecule has 0 aliphatic heterocycles. The highest BCUT2D eigenvalue weighted by molar-refractivity contribution is 14.0. The van der Waals surface area contributed by atoms with Gasteiger partial charge in [-0.25, -0.2) is 0 Å². The number of carbonyl (C=O) groups is 1. The Balaban J connectivity index is 0. The second kappa shape index (κ2) is 15.0. The van der Waals surface area contributed by atoms with E-state index in [0.29, 0.717) is 24.6 Å². The molecule has 0 atom stereocenters. The first-order chi connectivity index (χ1) is 10.4. The maximum atomic E-state index is 11.5. The number of halogens is 1. The van der Waals surface area contributed by atoms with E-state index in [2.05, 4.69) is 53.5 Å². The van der Waals surface area contributed by atoms with Gasteiger partial charge in [-0.05, 0) is 40.5 Å². The van der Waals surface area contributed by atoms with Gasteiger partial charge < -0.3 is 16.0 Å². The van der Waals surface area contributed by atoms with Gasteiger partial charge in [-0.2, -0.15) is 0 Å². The molecule has 0 saturated heterocycles. The molecule has 0 bridgehead atoms. The van der Waals surface area contributed by atoms with Crippen LogP contribution in [0.1, 0.15) is 47.5 Å². The minimum absolute atomic E-state index is 0. The number of guanidine groups is 1. The molecular formula is C16H36IN5O. The van der Waals surface area contributed by atoms with Crippen LogP contribution >= 0.6 is 24.0 Å². The Morgan fingerprint density at radius 3 is 2.13 bits per heavy atom. The third kappa shape index (κ3) is 12.5. The second-order valence-electron chi connectivity index (χ2n) is 5.98. The van der Waals surface area contributed by atoms with E-state index in [0.717, 1.165) is 25.9 Å². The van der Waals surface area contributed by atoms with E-state index in [4.69, 9.17) is 0 Å². The Kier molecular flexibility index (Phi) is 16.1. The number of aliphatic imine (C=N–C) groups is 1. The first-order valence-corrected chi connectivity index (χ1v) is 8.39. The third-order valence-corrected chi connectivity index (χ3v) is 3.42. The van der Waals surface area contributed by atoms with Crippen LogP contribution in [0.25, 0.3) is 0 Å². The van der Waals surface area contributed by atoms with Gasteiger partial charge in [0.1, 0.15) is 0 Å². The van der Waals surface area contributed by atoms with Gasteiger partial charge >= 0.3 is 0 Å². The molecule has 0 spiro atoms. The average molecular weight is 441 g/mol. The van der Waals surface area contributed by atoms with E-state index in [1.54, 1.807) is 7.05 Å². The van der Waals surface area contributed by atoms with E-state index < -0.39 is 0 Å². The van der Waals surface area contributed by atoms with Crippen molar-refractivity contribution in [2.24, 2.45) is 4.99 Å². The van der Waals surface area contributed by atoms with Gasteiger partial charge in [-0.15, -0.1) is 24.0 Å². The van der Waals surface area contributed by atoms with Crippen LogP contribution in [0.2, 0.25) is 0 Å². The molecule has 0 heterocycles. The normalized spacial score (nSPS) is 11.6. The lowest BCUT2D eigenvalue weighted by Gasteiger charge is -2.30. The fourth-order valence-corrected chi connectivity index (χ4v) is 2.29. The number of hydrogen-bond acceptors (Lipinski definition) is 3. The van der Waals surface area contributed by atoms with Crippen LogP contribution in [0.5, 0.6) is 0 Å². The van der Waals surface area contributed by atoms with Crippen LogP contribution in [0, 0.1) is 0 Å². The van der Waals surface area contributed by atoms with Crippen molar-refractivity contribution >= 4 is 35.8 Å². The highest BCUT2D eigenvalue weighted by Crippen LogP contribution is 2.05. The topological polar surface area (TPSA) is 68.8 Å². The molecule has 138 valence electrons. The summed E-state index contributed by atoms with van der Waals surface area (Å²) in [4.78, 5) is 18.1. The average Bonchev–Trinajstić information content (AvgIpc) is 2.46. The molecule has 0 fully saturated rings. The van der Waals surface area contributed by atoms with Gasteiger partial charge in [0.15, 0.2) is 5.96 Å². The Labute approximate surface area is 159 Å². The van der Waals surface area contributed by atoms with Crippen molar-refractivity contribution in [2.75, 3.05) is 33.2 Å². The number of rotatable bonds is 10. The van der Waals surface area contributed by atoms with Crippen molar-refractivity contribution in [3.05, 3.63) is 0 Å². The maximum Gasteiger partial charge on any atom is 0.239 e. The summed E-state index contributed by atoms with van der Waals surface area (Å²) < 4.78 is 0. The zero-order chi connectivity index (χ0) is 17.0. The highest BCUT2D eigenvalue weighted by Gasteiger charge is 2.12. The first kappa shape index (κ1) is 24.7. The molecule has 0 radical (unpaired) electrons. The van der Waals surface area contributed by atoms with Crippen LogP contribution in [0.15, 0.2) is 4.99 Å². The number of hydrogen-bond donors (Lipinski definition) is 3. The smallest absolute Gasteiger partial charge is 0.239 e. The standard InChI is InChI=1S/C16H35N5O.HI/c1-7-9-18-15(22)12-20-16(17-6)19-10-8-11-21(13(2)3)14(4)5;/h13-14H,7-12H2,1-6H3,(H,18,22)(H2,17,19,20);1H. The number of carbonyl (C=O) groups excluding carboxylic acids is 1. The van der Waals surface area contributed by atoms with Gasteiger partial charge in [-0.3, -0.25) is 14.7 Å². The summed E-state index contributed by atoms with van der Waals surface area (Å²) >= 11 is 0. The Bertz CT molecular complexity index is 326. The summed E-state index contributed by atoms with van der Waals surface area (Å²) in [6.45, 7) is 13.8. The highest BCUT2D eigenvalue weighted by atomic mass is 127. The fraction of sp³-hybridized carbons (Fsp3) is 0.875. The molecule has 0 unspecified atom stereocenters. The molecule has 3 N–H and O–H groups in total. The molecule has 0 aromatic heterocycles. The van der Waals surface area contributed by atoms with E-state index in [1.807, 2.05) is 6.92 Å². The predicted octanol–water partition coefficient (Wildman–Crippen LogP) is 1.80. The number of nitrogens with one attached hydrogen (secondary N) is 3. The van der Waals surface area contributed by atoms with Crippen LogP contribution in [0.4, 0.5) is 0 Å². The molecule has 23 heavy (non-hydrogen) atoms. The van der Waals surface area contributed by atoms with Crippen LogP contribution < -0.4 is 16.0 Å². The molecule has 0 saturated carbocycles. The lowest BCUT2D eigenvalue weighted by atomic mass is 10.2. The minimum Gasteiger partial charge on any atom is -0.356 e. The summed E-state index contributed by atoms with van der Waals surface area (Å²) in [5.74, 6) is 0.669. The molecule has 7 heteroatoms. The summed E-state index contributed by atoms with van der Waals surface area (Å²) in [7, 11) is 1.72. The van der Waals surface area contributed by atoms with E-state index >= 15 is 0 Å². The molecular weight excluding hydrogens is 405 g/mol. The quantitative estimate of drug-likeness (QED) is 0.209. The minimum atomic E-state index is -0.00408. The number of amides is 1. The molecule has 0 aromatic carbocycles. The Morgan fingerprint density at radius 2 is 1.65 bits per heavy atom. The van der Waals surface area contributed by atoms with Gasteiger partial charge in [0.2, 0.25) is 5.91 Å². The van der Waals surface area contributed by atoms with E-state index in [1.165, 1.54) is 0 Å². The van der Waals surface area contributed by atoms with Crippen molar-refractivity contribution in [3.63, 3.8) is 0 Å². The van der Waals surface area contributed by atoms with Crippen molar-refractivity contribution in [3.8, 4) is 0 Å². The van der Waals surface area contributed by atoms with Crippen molar-refractivity contribution < 1.29 is 4.79 Å². The summed E-state index contributed by atoms with van der Waals surface area (Å²) in [6.07, 6.45) is 1.99. The SMILES string of the molecule is CCCNC(=O)CNC(=NC)NCCCN(C(C)C)C(C)C.I. The monoisotopic (exact) mass is 441 g/mol. The largest absolute Gasteiger partial charge is 0.356 e. The van der Waals surface area contributed by atoms with Crippen molar-refractivity contribution in [2.45, 2.75) is 59.5 Å². The number of nitrogens with zero attached hydrogens (tertiary/aromatic N) is 2. The van der Waals surface area contributed by atoms with Gasteiger partial charge in [0.05, 0.1) is 6.54 Å². The van der Waals surface area contributed by atoms with Crippen molar-refractivity contribution in [1.82, 2.24) is 20.9 Å². The fourth-order valence-electron chi connectivity index (χ4n) is 2.29. The Morgan fingerprint density at radius 1 is 1.04 bits per heavy atom. The van der Waals surface area contributed by atoms with Gasteiger partial charge in [0, 0.05) is 38.8 Å². The maximum absolute atomic E-state index is 11.5. The third-order valence-electron chi connectivity index (χ3n) is 3.42.